The molecule has 0 aliphatic carbocycles. The fourth-order valence-electron chi connectivity index (χ4n) is 4.68. The van der Waals surface area contributed by atoms with Crippen LogP contribution in [-0.4, -0.2) is 87.3 Å². The van der Waals surface area contributed by atoms with Gasteiger partial charge >= 0.3 is 0 Å². The second-order valence-electron chi connectivity index (χ2n) is 8.15. The van der Waals surface area contributed by atoms with Crippen LogP contribution in [0, 0.1) is 0 Å². The molecule has 8 nitrogen and oxygen atoms in total. The van der Waals surface area contributed by atoms with Gasteiger partial charge in [0.2, 0.25) is 11.8 Å². The van der Waals surface area contributed by atoms with Gasteiger partial charge in [-0.2, -0.15) is 4.98 Å². The monoisotopic (exact) mass is 440 g/mol. The number of hydrogen-bond donors (Lipinski definition) is 0. The number of benzene rings is 1. The zero-order valence-corrected chi connectivity index (χ0v) is 19.1. The van der Waals surface area contributed by atoms with E-state index < -0.39 is 0 Å². The number of rotatable bonds is 6. The van der Waals surface area contributed by atoms with Crippen molar-refractivity contribution in [3.05, 3.63) is 42.0 Å². The number of methoxy groups -OCH3 is 3. The summed E-state index contributed by atoms with van der Waals surface area (Å²) in [5.74, 6) is 1.62. The van der Waals surface area contributed by atoms with Gasteiger partial charge in [0.25, 0.3) is 5.91 Å². The molecule has 2 fully saturated rings. The Kier molecular flexibility index (Phi) is 6.99. The van der Waals surface area contributed by atoms with E-state index in [1.807, 2.05) is 17.0 Å². The summed E-state index contributed by atoms with van der Waals surface area (Å²) in [4.78, 5) is 24.4. The van der Waals surface area contributed by atoms with Crippen LogP contribution in [0.5, 0.6) is 17.5 Å². The summed E-state index contributed by atoms with van der Waals surface area (Å²) >= 11 is 0. The SMILES string of the molecule is COc1ccc(C(=O)N2CCC[C@@H](N3CCN(c4ccccc4OC)CC3)C2)c(OC)n1. The number of likely N-dealkylation sites (tertiary alicyclic amines) is 1. The molecule has 4 rings (SSSR count). The first kappa shape index (κ1) is 22.2. The molecule has 2 aromatic rings. The van der Waals surface area contributed by atoms with Gasteiger partial charge in [0.15, 0.2) is 0 Å². The highest BCUT2D eigenvalue weighted by Crippen LogP contribution is 2.29. The molecule has 172 valence electrons. The minimum absolute atomic E-state index is 0.0330. The standard InChI is InChI=1S/C24H32N4O4/c1-30-21-9-5-4-8-20(21)27-15-13-26(14-16-27)18-7-6-12-28(17-18)24(29)19-10-11-22(31-2)25-23(19)32-3/h4-5,8-11,18H,6-7,12-17H2,1-3H3/t18-/m1/s1. The van der Waals surface area contributed by atoms with Gasteiger partial charge in [0.1, 0.15) is 11.3 Å². The minimum atomic E-state index is -0.0330. The molecule has 0 N–H and O–H groups in total. The quantitative estimate of drug-likeness (QED) is 0.684. The first-order chi connectivity index (χ1) is 15.6. The highest BCUT2D eigenvalue weighted by molar-refractivity contribution is 5.96. The lowest BCUT2D eigenvalue weighted by atomic mass is 10.0. The zero-order chi connectivity index (χ0) is 22.5. The average Bonchev–Trinajstić information content (AvgIpc) is 2.88. The number of carbonyl (C=O) groups is 1. The van der Waals surface area contributed by atoms with Crippen LogP contribution in [0.25, 0.3) is 0 Å². The fourth-order valence-corrected chi connectivity index (χ4v) is 4.68. The zero-order valence-electron chi connectivity index (χ0n) is 19.1. The summed E-state index contributed by atoms with van der Waals surface area (Å²) in [5.41, 5.74) is 1.63. The molecule has 1 atom stereocenters. The maximum absolute atomic E-state index is 13.2. The second-order valence-corrected chi connectivity index (χ2v) is 8.15. The van der Waals surface area contributed by atoms with E-state index in [1.54, 1.807) is 26.4 Å². The molecule has 2 aliphatic heterocycles. The van der Waals surface area contributed by atoms with E-state index >= 15 is 0 Å². The highest BCUT2D eigenvalue weighted by atomic mass is 16.5. The summed E-state index contributed by atoms with van der Waals surface area (Å²) in [6.07, 6.45) is 2.10. The van der Waals surface area contributed by atoms with E-state index in [1.165, 1.54) is 7.11 Å². The molecular weight excluding hydrogens is 408 g/mol. The fraction of sp³-hybridized carbons (Fsp3) is 0.500. The maximum Gasteiger partial charge on any atom is 0.259 e. The lowest BCUT2D eigenvalue weighted by molar-refractivity contribution is 0.0559. The van der Waals surface area contributed by atoms with Gasteiger partial charge in [-0.1, -0.05) is 12.1 Å². The minimum Gasteiger partial charge on any atom is -0.495 e. The molecule has 8 heteroatoms. The van der Waals surface area contributed by atoms with Gasteiger partial charge in [-0.3, -0.25) is 9.69 Å². The molecule has 2 saturated heterocycles. The van der Waals surface area contributed by atoms with Gasteiger partial charge in [-0.15, -0.1) is 0 Å². The Bertz CT molecular complexity index is 930. The third-order valence-electron chi connectivity index (χ3n) is 6.41. The molecule has 32 heavy (non-hydrogen) atoms. The third-order valence-corrected chi connectivity index (χ3v) is 6.41. The van der Waals surface area contributed by atoms with Crippen molar-refractivity contribution >= 4 is 11.6 Å². The Hall–Kier alpha value is -3.00. The van der Waals surface area contributed by atoms with Crippen LogP contribution >= 0.6 is 0 Å². The van der Waals surface area contributed by atoms with E-state index in [0.717, 1.165) is 63.5 Å². The van der Waals surface area contributed by atoms with Crippen LogP contribution in [0.3, 0.4) is 0 Å². The smallest absolute Gasteiger partial charge is 0.259 e. The predicted molar refractivity (Wildman–Crippen MR) is 123 cm³/mol. The molecule has 0 unspecified atom stereocenters. The van der Waals surface area contributed by atoms with Crippen LogP contribution in [-0.2, 0) is 0 Å². The number of nitrogens with zero attached hydrogens (tertiary/aromatic N) is 4. The number of carbonyl (C=O) groups excluding carboxylic acids is 1. The Morgan fingerprint density at radius 3 is 2.44 bits per heavy atom. The van der Waals surface area contributed by atoms with Crippen LogP contribution in [0.4, 0.5) is 5.69 Å². The lowest BCUT2D eigenvalue weighted by Gasteiger charge is -2.44. The largest absolute Gasteiger partial charge is 0.495 e. The summed E-state index contributed by atoms with van der Waals surface area (Å²) in [6, 6.07) is 12.0. The number of ether oxygens (including phenoxy) is 3. The van der Waals surface area contributed by atoms with Gasteiger partial charge in [-0.05, 0) is 31.0 Å². The van der Waals surface area contributed by atoms with Crippen molar-refractivity contribution in [3.63, 3.8) is 0 Å². The molecule has 0 bridgehead atoms. The maximum atomic E-state index is 13.2. The van der Waals surface area contributed by atoms with Crippen LogP contribution in [0.1, 0.15) is 23.2 Å². The molecule has 0 radical (unpaired) electrons. The van der Waals surface area contributed by atoms with Crippen molar-refractivity contribution < 1.29 is 19.0 Å². The first-order valence-corrected chi connectivity index (χ1v) is 11.1. The number of para-hydroxylation sites is 2. The Morgan fingerprint density at radius 1 is 0.938 bits per heavy atom. The van der Waals surface area contributed by atoms with E-state index in [-0.39, 0.29) is 5.91 Å². The number of pyridine rings is 1. The van der Waals surface area contributed by atoms with Crippen molar-refractivity contribution in [2.45, 2.75) is 18.9 Å². The van der Waals surface area contributed by atoms with Crippen LogP contribution < -0.4 is 19.1 Å². The van der Waals surface area contributed by atoms with E-state index in [9.17, 15) is 4.79 Å². The number of piperidine rings is 1. The number of hydrogen-bond acceptors (Lipinski definition) is 7. The molecule has 1 amide bonds. The molecular formula is C24H32N4O4. The van der Waals surface area contributed by atoms with Crippen molar-refractivity contribution in [2.24, 2.45) is 0 Å². The number of amides is 1. The van der Waals surface area contributed by atoms with E-state index in [4.69, 9.17) is 14.2 Å². The first-order valence-electron chi connectivity index (χ1n) is 11.1. The Labute approximate surface area is 189 Å². The predicted octanol–water partition coefficient (Wildman–Crippen LogP) is 2.53. The van der Waals surface area contributed by atoms with E-state index in [2.05, 4.69) is 26.9 Å². The van der Waals surface area contributed by atoms with Gasteiger partial charge in [0, 0.05) is 51.4 Å². The summed E-state index contributed by atoms with van der Waals surface area (Å²) in [7, 11) is 4.79. The number of aromatic nitrogens is 1. The van der Waals surface area contributed by atoms with Crippen molar-refractivity contribution in [2.75, 3.05) is 65.5 Å². The average molecular weight is 441 g/mol. The van der Waals surface area contributed by atoms with Crippen LogP contribution in [0.2, 0.25) is 0 Å². The normalized spacial score (nSPS) is 19.5. The van der Waals surface area contributed by atoms with Gasteiger partial charge in [0.05, 0.1) is 27.0 Å². The topological polar surface area (TPSA) is 67.4 Å². The number of piperazine rings is 1. The highest BCUT2D eigenvalue weighted by Gasteiger charge is 2.32. The van der Waals surface area contributed by atoms with Crippen molar-refractivity contribution in [1.82, 2.24) is 14.8 Å². The van der Waals surface area contributed by atoms with Crippen molar-refractivity contribution in [3.8, 4) is 17.5 Å². The Balaban J connectivity index is 1.39. The number of anilines is 1. The van der Waals surface area contributed by atoms with Gasteiger partial charge in [-0.25, -0.2) is 0 Å². The Morgan fingerprint density at radius 2 is 1.72 bits per heavy atom. The lowest BCUT2D eigenvalue weighted by Crippen LogP contribution is -2.56. The third kappa shape index (κ3) is 4.60. The van der Waals surface area contributed by atoms with Crippen LogP contribution in [0.15, 0.2) is 36.4 Å². The molecule has 1 aromatic heterocycles. The summed E-state index contributed by atoms with van der Waals surface area (Å²) in [6.45, 7) is 5.31. The van der Waals surface area contributed by atoms with E-state index in [0.29, 0.717) is 23.4 Å². The second kappa shape index (κ2) is 10.1. The molecule has 3 heterocycles. The summed E-state index contributed by atoms with van der Waals surface area (Å²) < 4.78 is 16.0. The molecule has 0 saturated carbocycles. The molecule has 0 spiro atoms. The molecule has 2 aliphatic rings. The molecule has 1 aromatic carbocycles. The van der Waals surface area contributed by atoms with Gasteiger partial charge < -0.3 is 24.0 Å². The van der Waals surface area contributed by atoms with Crippen molar-refractivity contribution in [1.29, 1.82) is 0 Å². The summed E-state index contributed by atoms with van der Waals surface area (Å²) in [5, 5.41) is 0.